The van der Waals surface area contributed by atoms with E-state index < -0.39 is 5.97 Å². The molecule has 43 heavy (non-hydrogen) atoms. The molecule has 0 atom stereocenters. The first-order valence-electron chi connectivity index (χ1n) is 14.8. The van der Waals surface area contributed by atoms with Crippen molar-refractivity contribution in [2.75, 3.05) is 99.1 Å². The van der Waals surface area contributed by atoms with Crippen LogP contribution in [0.15, 0.2) is 48.5 Å². The van der Waals surface area contributed by atoms with E-state index in [1.807, 2.05) is 24.3 Å². The Morgan fingerprint density at radius 3 is 1.26 bits per heavy atom. The van der Waals surface area contributed by atoms with Gasteiger partial charge in [0.25, 0.3) is 0 Å². The highest BCUT2D eigenvalue weighted by molar-refractivity contribution is 5.79. The van der Waals surface area contributed by atoms with Crippen molar-refractivity contribution in [3.05, 3.63) is 59.7 Å². The van der Waals surface area contributed by atoms with Gasteiger partial charge in [-0.3, -0.25) is 9.59 Å². The van der Waals surface area contributed by atoms with Gasteiger partial charge in [-0.2, -0.15) is 0 Å². The number of aliphatic carboxylic acids is 1. The van der Waals surface area contributed by atoms with Gasteiger partial charge in [0.15, 0.2) is 0 Å². The van der Waals surface area contributed by atoms with Gasteiger partial charge in [0.05, 0.1) is 105 Å². The molecule has 11 nitrogen and oxygen atoms in total. The number of carboxylic acid groups (broad SMARTS) is 1. The minimum atomic E-state index is -0.877. The summed E-state index contributed by atoms with van der Waals surface area (Å²) in [6.07, 6.45) is 0.193. The van der Waals surface area contributed by atoms with Crippen molar-refractivity contribution in [2.24, 2.45) is 0 Å². The zero-order valence-electron chi connectivity index (χ0n) is 24.7. The van der Waals surface area contributed by atoms with Crippen molar-refractivity contribution >= 4 is 11.9 Å². The van der Waals surface area contributed by atoms with E-state index in [-0.39, 0.29) is 37.9 Å². The van der Waals surface area contributed by atoms with E-state index in [2.05, 4.69) is 24.3 Å². The Morgan fingerprint density at radius 2 is 0.860 bits per heavy atom. The zero-order chi connectivity index (χ0) is 30.4. The first-order valence-corrected chi connectivity index (χ1v) is 14.8. The third kappa shape index (κ3) is 14.0. The summed E-state index contributed by atoms with van der Waals surface area (Å²) in [6.45, 7) is 6.02. The summed E-state index contributed by atoms with van der Waals surface area (Å²) in [5, 5.41) is 8.49. The van der Waals surface area contributed by atoms with Crippen molar-refractivity contribution < 1.29 is 52.6 Å². The molecule has 0 unspecified atom stereocenters. The summed E-state index contributed by atoms with van der Waals surface area (Å²) < 4.78 is 43.3. The highest BCUT2D eigenvalue weighted by Crippen LogP contribution is 2.44. The highest BCUT2D eigenvalue weighted by Gasteiger charge is 2.28. The molecule has 0 bridgehead atoms. The van der Waals surface area contributed by atoms with Crippen LogP contribution in [-0.4, -0.2) is 116 Å². The Morgan fingerprint density at radius 1 is 0.512 bits per heavy atom. The lowest BCUT2D eigenvalue weighted by Gasteiger charge is -2.14. The fourth-order valence-corrected chi connectivity index (χ4v) is 4.42. The largest absolute Gasteiger partial charge is 0.481 e. The first kappa shape index (κ1) is 34.6. The first-order chi connectivity index (χ1) is 21.2. The number of hydrogen-bond donors (Lipinski definition) is 1. The van der Waals surface area contributed by atoms with E-state index in [9.17, 15) is 9.59 Å². The Labute approximate surface area is 253 Å². The number of carbonyl (C=O) groups is 2. The fourth-order valence-electron chi connectivity index (χ4n) is 4.42. The average molecular weight is 605 g/mol. The summed E-state index contributed by atoms with van der Waals surface area (Å²) in [6, 6.07) is 16.5. The second kappa shape index (κ2) is 21.7. The molecule has 0 saturated heterocycles. The van der Waals surface area contributed by atoms with Gasteiger partial charge < -0.3 is 43.0 Å². The van der Waals surface area contributed by atoms with Crippen LogP contribution in [0.2, 0.25) is 0 Å². The molecule has 2 aromatic carbocycles. The minimum Gasteiger partial charge on any atom is -0.481 e. The molecule has 2 aromatic rings. The number of ether oxygens (including phenoxy) is 8. The maximum absolute atomic E-state index is 12.3. The van der Waals surface area contributed by atoms with Gasteiger partial charge in [-0.15, -0.1) is 0 Å². The third-order valence-electron chi connectivity index (χ3n) is 6.52. The summed E-state index contributed by atoms with van der Waals surface area (Å²) >= 11 is 0. The van der Waals surface area contributed by atoms with Gasteiger partial charge in [0, 0.05) is 5.92 Å². The van der Waals surface area contributed by atoms with E-state index in [1.54, 1.807) is 0 Å². The predicted molar refractivity (Wildman–Crippen MR) is 157 cm³/mol. The summed E-state index contributed by atoms with van der Waals surface area (Å²) in [4.78, 5) is 22.6. The molecule has 0 heterocycles. The smallest absolute Gasteiger partial charge is 0.308 e. The average Bonchev–Trinajstić information content (AvgIpc) is 3.33. The van der Waals surface area contributed by atoms with E-state index in [0.717, 1.165) is 0 Å². The zero-order valence-corrected chi connectivity index (χ0v) is 24.7. The topological polar surface area (TPSA) is 128 Å². The summed E-state index contributed by atoms with van der Waals surface area (Å²) in [5.41, 5.74) is 4.81. The van der Waals surface area contributed by atoms with E-state index in [4.69, 9.17) is 43.0 Å². The van der Waals surface area contributed by atoms with Crippen LogP contribution in [0.4, 0.5) is 0 Å². The molecule has 0 aliphatic heterocycles. The van der Waals surface area contributed by atoms with Crippen LogP contribution in [-0.2, 0) is 47.5 Å². The van der Waals surface area contributed by atoms with E-state index in [1.165, 1.54) is 22.3 Å². The van der Waals surface area contributed by atoms with E-state index in [0.29, 0.717) is 85.9 Å². The Balaban J connectivity index is 1.04. The van der Waals surface area contributed by atoms with Gasteiger partial charge in [-0.1, -0.05) is 48.5 Å². The number of hydrogen-bond acceptors (Lipinski definition) is 10. The summed E-state index contributed by atoms with van der Waals surface area (Å²) in [7, 11) is 0. The number of carbonyl (C=O) groups excluding carboxylic acids is 1. The lowest BCUT2D eigenvalue weighted by atomic mass is 9.98. The number of carboxylic acids is 1. The number of fused-ring (bicyclic) bond motifs is 3. The molecule has 0 fully saturated rings. The van der Waals surface area contributed by atoms with Gasteiger partial charge in [-0.05, 0) is 22.3 Å². The third-order valence-corrected chi connectivity index (χ3v) is 6.52. The standard InChI is InChI=1S/C32H44O11/c33-31(34)9-11-36-13-15-38-17-19-40-21-23-42-24-22-41-20-18-39-16-14-37-12-10-32(35)43-25-30-28-7-3-1-5-26(28)27-6-2-4-8-29(27)30/h1-8,30H,9-25H2,(H,33,34). The van der Waals surface area contributed by atoms with Crippen molar-refractivity contribution in [3.8, 4) is 11.1 Å². The molecular weight excluding hydrogens is 560 g/mol. The molecule has 1 aliphatic carbocycles. The van der Waals surface area contributed by atoms with Gasteiger partial charge >= 0.3 is 11.9 Å². The second-order valence-corrected chi connectivity index (χ2v) is 9.59. The highest BCUT2D eigenvalue weighted by atomic mass is 16.6. The van der Waals surface area contributed by atoms with Crippen LogP contribution < -0.4 is 0 Å². The Kier molecular flexibility index (Phi) is 17.5. The molecule has 1 N–H and O–H groups in total. The fraction of sp³-hybridized carbons (Fsp3) is 0.562. The van der Waals surface area contributed by atoms with E-state index >= 15 is 0 Å². The van der Waals surface area contributed by atoms with Gasteiger partial charge in [0.1, 0.15) is 6.61 Å². The van der Waals surface area contributed by atoms with Crippen LogP contribution in [0.5, 0.6) is 0 Å². The summed E-state index contributed by atoms with van der Waals surface area (Å²) in [5.74, 6) is -1.09. The van der Waals surface area contributed by atoms with Gasteiger partial charge in [0.2, 0.25) is 0 Å². The lowest BCUT2D eigenvalue weighted by molar-refractivity contribution is -0.145. The van der Waals surface area contributed by atoms with Crippen LogP contribution >= 0.6 is 0 Å². The Hall–Kier alpha value is -2.90. The predicted octanol–water partition coefficient (Wildman–Crippen LogP) is 3.32. The van der Waals surface area contributed by atoms with Crippen molar-refractivity contribution in [1.29, 1.82) is 0 Å². The molecule has 11 heteroatoms. The molecule has 3 rings (SSSR count). The second-order valence-electron chi connectivity index (χ2n) is 9.59. The van der Waals surface area contributed by atoms with Crippen LogP contribution in [0.3, 0.4) is 0 Å². The normalized spacial score (nSPS) is 12.3. The van der Waals surface area contributed by atoms with Crippen LogP contribution in [0.1, 0.15) is 29.9 Å². The molecule has 0 aromatic heterocycles. The SMILES string of the molecule is O=C(O)CCOCCOCCOCCOCCOCCOCCOCCC(=O)OCC1c2ccccc2-c2ccccc21. The van der Waals surface area contributed by atoms with Crippen molar-refractivity contribution in [3.63, 3.8) is 0 Å². The lowest BCUT2D eigenvalue weighted by Crippen LogP contribution is -2.16. The molecule has 1 aliphatic rings. The Bertz CT molecular complexity index is 1020. The number of esters is 1. The molecule has 0 amide bonds. The van der Waals surface area contributed by atoms with Gasteiger partial charge in [-0.25, -0.2) is 0 Å². The molecule has 238 valence electrons. The molecular formula is C32H44O11. The minimum absolute atomic E-state index is 0.00607. The molecule has 0 spiro atoms. The van der Waals surface area contributed by atoms with Crippen LogP contribution in [0, 0.1) is 0 Å². The van der Waals surface area contributed by atoms with Crippen molar-refractivity contribution in [2.45, 2.75) is 18.8 Å². The maximum atomic E-state index is 12.3. The monoisotopic (exact) mass is 604 g/mol. The number of benzene rings is 2. The molecule has 0 saturated carbocycles. The van der Waals surface area contributed by atoms with Crippen LogP contribution in [0.25, 0.3) is 11.1 Å². The molecule has 0 radical (unpaired) electrons. The quantitative estimate of drug-likeness (QED) is 0.125. The maximum Gasteiger partial charge on any atom is 0.308 e. The van der Waals surface area contributed by atoms with Crippen molar-refractivity contribution in [1.82, 2.24) is 0 Å². The number of rotatable bonds is 26.